The summed E-state index contributed by atoms with van der Waals surface area (Å²) in [5.41, 5.74) is 2.58. The van der Waals surface area contributed by atoms with Gasteiger partial charge in [0.1, 0.15) is 0 Å². The quantitative estimate of drug-likeness (QED) is 0.810. The Morgan fingerprint density at radius 1 is 1.25 bits per heavy atom. The first-order valence-electron chi connectivity index (χ1n) is 5.97. The van der Waals surface area contributed by atoms with Crippen LogP contribution in [0.15, 0.2) is 24.3 Å². The summed E-state index contributed by atoms with van der Waals surface area (Å²) in [6.45, 7) is 6.94. The zero-order chi connectivity index (χ0) is 12.0. The van der Waals surface area contributed by atoms with E-state index in [0.29, 0.717) is 18.9 Å². The number of rotatable bonds is 5. The fourth-order valence-corrected chi connectivity index (χ4v) is 1.69. The zero-order valence-electron chi connectivity index (χ0n) is 10.4. The largest absolute Gasteiger partial charge is 0.352 e. The van der Waals surface area contributed by atoms with Crippen molar-refractivity contribution in [3.05, 3.63) is 35.4 Å². The lowest BCUT2D eigenvalue weighted by atomic mass is 9.98. The molecule has 0 atom stereocenters. The van der Waals surface area contributed by atoms with Crippen LogP contribution >= 0.6 is 0 Å². The molecule has 0 aliphatic carbocycles. The molecule has 0 aliphatic heterocycles. The Morgan fingerprint density at radius 2 is 1.88 bits per heavy atom. The van der Waals surface area contributed by atoms with E-state index in [9.17, 15) is 4.79 Å². The number of carbonyl (C=O) groups is 1. The van der Waals surface area contributed by atoms with E-state index in [2.05, 4.69) is 37.4 Å². The van der Waals surface area contributed by atoms with Crippen LogP contribution < -0.4 is 5.32 Å². The second-order valence-corrected chi connectivity index (χ2v) is 4.50. The van der Waals surface area contributed by atoms with Gasteiger partial charge in [-0.1, -0.05) is 45.0 Å². The molecule has 0 heterocycles. The molecule has 1 rings (SSSR count). The Kier molecular flexibility index (Phi) is 5.03. The molecule has 1 amide bonds. The highest BCUT2D eigenvalue weighted by atomic mass is 16.1. The summed E-state index contributed by atoms with van der Waals surface area (Å²) in [6, 6.07) is 8.32. The number of benzene rings is 1. The Bertz CT molecular complexity index is 344. The Labute approximate surface area is 98.1 Å². The summed E-state index contributed by atoms with van der Waals surface area (Å²) in [5.74, 6) is 0.752. The average Bonchev–Trinajstić information content (AvgIpc) is 2.26. The summed E-state index contributed by atoms with van der Waals surface area (Å²) >= 11 is 0. The van der Waals surface area contributed by atoms with Gasteiger partial charge in [-0.2, -0.15) is 0 Å². The molecule has 0 aromatic heterocycles. The lowest BCUT2D eigenvalue weighted by Gasteiger charge is -2.12. The molecule has 0 unspecified atom stereocenters. The number of hydrogen-bond donors (Lipinski definition) is 1. The molecule has 0 spiro atoms. The first kappa shape index (κ1) is 12.8. The molecule has 1 aromatic rings. The van der Waals surface area contributed by atoms with E-state index >= 15 is 0 Å². The van der Waals surface area contributed by atoms with E-state index in [4.69, 9.17) is 0 Å². The molecule has 0 fully saturated rings. The van der Waals surface area contributed by atoms with Gasteiger partial charge in [0.05, 0.1) is 0 Å². The molecule has 0 saturated carbocycles. The summed E-state index contributed by atoms with van der Waals surface area (Å²) < 4.78 is 0. The zero-order valence-corrected chi connectivity index (χ0v) is 10.4. The third-order valence-corrected chi connectivity index (χ3v) is 2.54. The standard InChI is InChI=1S/C14H21NO/c1-4-14(16)15-10-13-8-6-5-7-12(13)9-11(2)3/h5-8,11H,4,9-10H2,1-3H3,(H,15,16). The van der Waals surface area contributed by atoms with Crippen LogP contribution in [0.25, 0.3) is 0 Å². The maximum absolute atomic E-state index is 11.2. The van der Waals surface area contributed by atoms with Gasteiger partial charge in [0.2, 0.25) is 5.91 Å². The van der Waals surface area contributed by atoms with Crippen molar-refractivity contribution in [3.8, 4) is 0 Å². The molecule has 88 valence electrons. The Balaban J connectivity index is 2.67. The van der Waals surface area contributed by atoms with Gasteiger partial charge in [-0.05, 0) is 23.5 Å². The number of hydrogen-bond acceptors (Lipinski definition) is 1. The fourth-order valence-electron chi connectivity index (χ4n) is 1.69. The van der Waals surface area contributed by atoms with Crippen molar-refractivity contribution in [1.82, 2.24) is 5.32 Å². The van der Waals surface area contributed by atoms with Gasteiger partial charge in [-0.15, -0.1) is 0 Å². The summed E-state index contributed by atoms with van der Waals surface area (Å²) in [4.78, 5) is 11.2. The van der Waals surface area contributed by atoms with Crippen LogP contribution in [0.4, 0.5) is 0 Å². The topological polar surface area (TPSA) is 29.1 Å². The van der Waals surface area contributed by atoms with Crippen LogP contribution in [0.2, 0.25) is 0 Å². The number of carbonyl (C=O) groups excluding carboxylic acids is 1. The third-order valence-electron chi connectivity index (χ3n) is 2.54. The molecule has 2 nitrogen and oxygen atoms in total. The van der Waals surface area contributed by atoms with Gasteiger partial charge in [0.15, 0.2) is 0 Å². The molecular formula is C14H21NO. The smallest absolute Gasteiger partial charge is 0.219 e. The normalized spacial score (nSPS) is 10.5. The second kappa shape index (κ2) is 6.31. The van der Waals surface area contributed by atoms with E-state index < -0.39 is 0 Å². The first-order valence-corrected chi connectivity index (χ1v) is 5.97. The van der Waals surface area contributed by atoms with Crippen LogP contribution in [0.1, 0.15) is 38.3 Å². The Hall–Kier alpha value is -1.31. The highest BCUT2D eigenvalue weighted by Gasteiger charge is 2.05. The van der Waals surface area contributed by atoms with Crippen molar-refractivity contribution in [2.45, 2.75) is 40.2 Å². The molecule has 0 saturated heterocycles. The van der Waals surface area contributed by atoms with Crippen molar-refractivity contribution in [3.63, 3.8) is 0 Å². The molecule has 2 heteroatoms. The van der Waals surface area contributed by atoms with Crippen LogP contribution in [-0.4, -0.2) is 5.91 Å². The minimum atomic E-state index is 0.111. The molecule has 1 aromatic carbocycles. The summed E-state index contributed by atoms with van der Waals surface area (Å²) in [7, 11) is 0. The number of nitrogens with one attached hydrogen (secondary N) is 1. The maximum atomic E-state index is 11.2. The first-order chi connectivity index (χ1) is 7.63. The molecule has 0 bridgehead atoms. The van der Waals surface area contributed by atoms with E-state index in [1.807, 2.05) is 13.0 Å². The van der Waals surface area contributed by atoms with Gasteiger partial charge in [-0.3, -0.25) is 4.79 Å². The van der Waals surface area contributed by atoms with Crippen LogP contribution in [-0.2, 0) is 17.8 Å². The summed E-state index contributed by atoms with van der Waals surface area (Å²) in [6.07, 6.45) is 1.62. The molecule has 0 aliphatic rings. The van der Waals surface area contributed by atoms with E-state index in [1.54, 1.807) is 0 Å². The third kappa shape index (κ3) is 4.05. The highest BCUT2D eigenvalue weighted by Crippen LogP contribution is 2.13. The molecule has 0 radical (unpaired) electrons. The van der Waals surface area contributed by atoms with Crippen molar-refractivity contribution >= 4 is 5.91 Å². The van der Waals surface area contributed by atoms with E-state index in [0.717, 1.165) is 6.42 Å². The van der Waals surface area contributed by atoms with E-state index in [1.165, 1.54) is 11.1 Å². The average molecular weight is 219 g/mol. The van der Waals surface area contributed by atoms with Crippen molar-refractivity contribution in [1.29, 1.82) is 0 Å². The van der Waals surface area contributed by atoms with Gasteiger partial charge in [-0.25, -0.2) is 0 Å². The van der Waals surface area contributed by atoms with Crippen molar-refractivity contribution in [2.75, 3.05) is 0 Å². The van der Waals surface area contributed by atoms with Crippen LogP contribution in [0.5, 0.6) is 0 Å². The highest BCUT2D eigenvalue weighted by molar-refractivity contribution is 5.75. The predicted octanol–water partition coefficient (Wildman–Crippen LogP) is 2.91. The van der Waals surface area contributed by atoms with Crippen molar-refractivity contribution in [2.24, 2.45) is 5.92 Å². The monoisotopic (exact) mass is 219 g/mol. The van der Waals surface area contributed by atoms with E-state index in [-0.39, 0.29) is 5.91 Å². The van der Waals surface area contributed by atoms with Crippen molar-refractivity contribution < 1.29 is 4.79 Å². The van der Waals surface area contributed by atoms with Gasteiger partial charge >= 0.3 is 0 Å². The van der Waals surface area contributed by atoms with Gasteiger partial charge in [0.25, 0.3) is 0 Å². The maximum Gasteiger partial charge on any atom is 0.219 e. The molecule has 1 N–H and O–H groups in total. The minimum Gasteiger partial charge on any atom is -0.352 e. The lowest BCUT2D eigenvalue weighted by Crippen LogP contribution is -2.22. The SMILES string of the molecule is CCC(=O)NCc1ccccc1CC(C)C. The van der Waals surface area contributed by atoms with Gasteiger partial charge < -0.3 is 5.32 Å². The Morgan fingerprint density at radius 3 is 2.44 bits per heavy atom. The van der Waals surface area contributed by atoms with Crippen LogP contribution in [0, 0.1) is 5.92 Å². The second-order valence-electron chi connectivity index (χ2n) is 4.50. The minimum absolute atomic E-state index is 0.111. The van der Waals surface area contributed by atoms with Crippen LogP contribution in [0.3, 0.4) is 0 Å². The molecule has 16 heavy (non-hydrogen) atoms. The predicted molar refractivity (Wildman–Crippen MR) is 67.1 cm³/mol. The lowest BCUT2D eigenvalue weighted by molar-refractivity contribution is -0.120. The summed E-state index contributed by atoms with van der Waals surface area (Å²) in [5, 5.41) is 2.92. The fraction of sp³-hybridized carbons (Fsp3) is 0.500. The van der Waals surface area contributed by atoms with Gasteiger partial charge in [0, 0.05) is 13.0 Å². The molecular weight excluding hydrogens is 198 g/mol. The number of amides is 1.